The highest BCUT2D eigenvalue weighted by atomic mass is 79.9. The zero-order valence-electron chi connectivity index (χ0n) is 16.5. The van der Waals surface area contributed by atoms with Gasteiger partial charge >= 0.3 is 0 Å². The standard InChI is InChI=1S/C20H18BBrClN5O2S/c21-14-12-25-28-19(11-17(27-20(14)28)13-5-1-3-7-16(13)23)24-9-10-26-31(29,30)18-8-4-2-6-15(18)22/h1-8,11-12,24,26H,9-10,21H2. The summed E-state index contributed by atoms with van der Waals surface area (Å²) in [7, 11) is -1.70. The summed E-state index contributed by atoms with van der Waals surface area (Å²) >= 11 is 9.64. The van der Waals surface area contributed by atoms with E-state index in [1.807, 2.05) is 38.2 Å². The van der Waals surface area contributed by atoms with Crippen LogP contribution < -0.4 is 15.5 Å². The van der Waals surface area contributed by atoms with Crippen molar-refractivity contribution in [3.8, 4) is 11.3 Å². The number of rotatable bonds is 7. The summed E-state index contributed by atoms with van der Waals surface area (Å²) in [5.74, 6) is 0.688. The topological polar surface area (TPSA) is 88.4 Å². The maximum absolute atomic E-state index is 12.5. The van der Waals surface area contributed by atoms with Crippen molar-refractivity contribution in [3.05, 3.63) is 70.3 Å². The van der Waals surface area contributed by atoms with E-state index in [-0.39, 0.29) is 11.4 Å². The van der Waals surface area contributed by atoms with Crippen LogP contribution in [0, 0.1) is 0 Å². The van der Waals surface area contributed by atoms with Crippen LogP contribution in [0.25, 0.3) is 16.9 Å². The van der Waals surface area contributed by atoms with Crippen molar-refractivity contribution in [3.63, 3.8) is 0 Å². The molecule has 0 aliphatic rings. The highest BCUT2D eigenvalue weighted by molar-refractivity contribution is 9.10. The van der Waals surface area contributed by atoms with Gasteiger partial charge in [-0.15, -0.1) is 0 Å². The number of anilines is 1. The zero-order valence-corrected chi connectivity index (χ0v) is 19.7. The van der Waals surface area contributed by atoms with Crippen molar-refractivity contribution in [2.24, 2.45) is 0 Å². The Bertz CT molecular complexity index is 1360. The highest BCUT2D eigenvalue weighted by Gasteiger charge is 2.17. The van der Waals surface area contributed by atoms with Crippen molar-refractivity contribution in [2.75, 3.05) is 18.4 Å². The second-order valence-corrected chi connectivity index (χ2v) is 9.82. The Labute approximate surface area is 194 Å². The van der Waals surface area contributed by atoms with Crippen molar-refractivity contribution >= 4 is 62.3 Å². The first-order valence-corrected chi connectivity index (χ1v) is 12.1. The number of halogens is 2. The first-order chi connectivity index (χ1) is 14.9. The molecule has 158 valence electrons. The van der Waals surface area contributed by atoms with Crippen LogP contribution in [0.15, 0.2) is 70.2 Å². The minimum Gasteiger partial charge on any atom is -0.369 e. The van der Waals surface area contributed by atoms with Gasteiger partial charge in [-0.1, -0.05) is 41.9 Å². The Morgan fingerprint density at radius 2 is 1.84 bits per heavy atom. The van der Waals surface area contributed by atoms with E-state index in [2.05, 4.69) is 31.1 Å². The molecule has 0 bridgehead atoms. The number of benzene rings is 2. The van der Waals surface area contributed by atoms with E-state index in [4.69, 9.17) is 16.6 Å². The normalized spacial score (nSPS) is 11.7. The minimum absolute atomic E-state index is 0.190. The van der Waals surface area contributed by atoms with E-state index in [1.165, 1.54) is 0 Å². The molecule has 0 fully saturated rings. The fourth-order valence-corrected chi connectivity index (χ4v) is 5.39. The first kappa shape index (κ1) is 21.8. The molecule has 2 N–H and O–H groups in total. The minimum atomic E-state index is -3.63. The number of fused-ring (bicyclic) bond motifs is 1. The Kier molecular flexibility index (Phi) is 6.33. The highest BCUT2D eigenvalue weighted by Crippen LogP contribution is 2.28. The van der Waals surface area contributed by atoms with Crippen LogP contribution in [0.2, 0.25) is 5.02 Å². The van der Waals surface area contributed by atoms with E-state index in [0.29, 0.717) is 33.2 Å². The molecule has 11 heteroatoms. The molecule has 31 heavy (non-hydrogen) atoms. The van der Waals surface area contributed by atoms with Crippen LogP contribution in [-0.2, 0) is 10.0 Å². The number of sulfonamides is 1. The molecule has 0 saturated heterocycles. The Balaban J connectivity index is 1.55. The lowest BCUT2D eigenvalue weighted by atomic mass is 10.0. The summed E-state index contributed by atoms with van der Waals surface area (Å²) < 4.78 is 29.9. The Hall–Kier alpha value is -2.40. The molecule has 2 heterocycles. The molecule has 0 atom stereocenters. The van der Waals surface area contributed by atoms with Gasteiger partial charge in [0, 0.05) is 40.4 Å². The summed E-state index contributed by atoms with van der Waals surface area (Å²) in [6.07, 6.45) is 1.74. The SMILES string of the molecule is Bc1cnn2c(NCCNS(=O)(=O)c3ccccc3Br)cc(-c3ccccc3Cl)nc12. The van der Waals surface area contributed by atoms with Gasteiger partial charge in [0.15, 0.2) is 5.65 Å². The quantitative estimate of drug-likeness (QED) is 0.290. The van der Waals surface area contributed by atoms with Crippen LogP contribution in [0.1, 0.15) is 0 Å². The molecule has 0 saturated carbocycles. The van der Waals surface area contributed by atoms with Crippen LogP contribution in [0.4, 0.5) is 5.82 Å². The zero-order chi connectivity index (χ0) is 22.0. The fraction of sp³-hybridized carbons (Fsp3) is 0.100. The molecule has 2 aromatic carbocycles. The molecule has 0 aliphatic carbocycles. The van der Waals surface area contributed by atoms with Crippen LogP contribution in [0.3, 0.4) is 0 Å². The average molecular weight is 519 g/mol. The molecule has 7 nitrogen and oxygen atoms in total. The van der Waals surface area contributed by atoms with Gasteiger partial charge in [0.1, 0.15) is 13.7 Å². The lowest BCUT2D eigenvalue weighted by Gasteiger charge is -2.13. The molecule has 0 spiro atoms. The van der Waals surface area contributed by atoms with Gasteiger partial charge in [0.2, 0.25) is 10.0 Å². The maximum atomic E-state index is 12.5. The molecule has 0 unspecified atom stereocenters. The maximum Gasteiger partial charge on any atom is 0.241 e. The second-order valence-electron chi connectivity index (χ2n) is 6.82. The third kappa shape index (κ3) is 4.62. The van der Waals surface area contributed by atoms with Gasteiger partial charge in [0.25, 0.3) is 0 Å². The first-order valence-electron chi connectivity index (χ1n) is 9.45. The summed E-state index contributed by atoms with van der Waals surface area (Å²) in [4.78, 5) is 4.90. The van der Waals surface area contributed by atoms with E-state index < -0.39 is 10.0 Å². The molecule has 4 rings (SSSR count). The van der Waals surface area contributed by atoms with E-state index in [0.717, 1.165) is 11.0 Å². The fourth-order valence-electron chi connectivity index (χ4n) is 3.12. The van der Waals surface area contributed by atoms with Gasteiger partial charge < -0.3 is 5.32 Å². The summed E-state index contributed by atoms with van der Waals surface area (Å²) in [5, 5.41) is 8.22. The molecule has 0 radical (unpaired) electrons. The van der Waals surface area contributed by atoms with Crippen molar-refractivity contribution in [1.82, 2.24) is 19.3 Å². The van der Waals surface area contributed by atoms with Gasteiger partial charge in [-0.3, -0.25) is 0 Å². The monoisotopic (exact) mass is 517 g/mol. The van der Waals surface area contributed by atoms with E-state index in [9.17, 15) is 8.42 Å². The molecule has 0 amide bonds. The average Bonchev–Trinajstić information content (AvgIpc) is 3.12. The van der Waals surface area contributed by atoms with Crippen LogP contribution in [-0.4, -0.2) is 44.0 Å². The lowest BCUT2D eigenvalue weighted by Crippen LogP contribution is -2.29. The van der Waals surface area contributed by atoms with Crippen molar-refractivity contribution in [1.29, 1.82) is 0 Å². The van der Waals surface area contributed by atoms with Gasteiger partial charge in [-0.05, 0) is 39.6 Å². The van der Waals surface area contributed by atoms with Gasteiger partial charge in [-0.25, -0.2) is 18.1 Å². The van der Waals surface area contributed by atoms with Crippen LogP contribution in [0.5, 0.6) is 0 Å². The van der Waals surface area contributed by atoms with Gasteiger partial charge in [-0.2, -0.15) is 9.61 Å². The molecular formula is C20H18BBrClN5O2S. The Morgan fingerprint density at radius 1 is 1.10 bits per heavy atom. The van der Waals surface area contributed by atoms with Gasteiger partial charge in [0.05, 0.1) is 10.6 Å². The molecular weight excluding hydrogens is 500 g/mol. The summed E-state index contributed by atoms with van der Waals surface area (Å²) in [6.45, 7) is 0.541. The Morgan fingerprint density at radius 3 is 2.61 bits per heavy atom. The molecule has 0 aliphatic heterocycles. The van der Waals surface area contributed by atoms with E-state index >= 15 is 0 Å². The van der Waals surface area contributed by atoms with E-state index in [1.54, 1.807) is 35.0 Å². The number of nitrogens with one attached hydrogen (secondary N) is 2. The second kappa shape index (κ2) is 9.00. The number of nitrogens with zero attached hydrogens (tertiary/aromatic N) is 3. The smallest absolute Gasteiger partial charge is 0.241 e. The summed E-state index contributed by atoms with van der Waals surface area (Å²) in [6, 6.07) is 16.0. The lowest BCUT2D eigenvalue weighted by molar-refractivity contribution is 0.582. The number of hydrogen-bond acceptors (Lipinski definition) is 5. The third-order valence-corrected chi connectivity index (χ3v) is 7.45. The predicted molar refractivity (Wildman–Crippen MR) is 129 cm³/mol. The van der Waals surface area contributed by atoms with Crippen LogP contribution >= 0.6 is 27.5 Å². The third-order valence-electron chi connectivity index (χ3n) is 4.65. The largest absolute Gasteiger partial charge is 0.369 e. The molecule has 2 aromatic heterocycles. The van der Waals surface area contributed by atoms with Crippen molar-refractivity contribution < 1.29 is 8.42 Å². The molecule has 4 aromatic rings. The summed E-state index contributed by atoms with van der Waals surface area (Å²) in [5.41, 5.74) is 3.14. The number of aromatic nitrogens is 3. The van der Waals surface area contributed by atoms with Crippen molar-refractivity contribution in [2.45, 2.75) is 4.90 Å². The predicted octanol–water partition coefficient (Wildman–Crippen LogP) is 2.46. The number of hydrogen-bond donors (Lipinski definition) is 2.